The molecule has 0 bridgehead atoms. The van der Waals surface area contributed by atoms with Gasteiger partial charge in [0.2, 0.25) is 0 Å². The van der Waals surface area contributed by atoms with Crippen LogP contribution in [-0.4, -0.2) is 53.5 Å². The maximum Gasteiger partial charge on any atom is 0.490 e. The summed E-state index contributed by atoms with van der Waals surface area (Å²) in [5.74, 6) is -6.42. The third-order valence-corrected chi connectivity index (χ3v) is 6.49. The highest BCUT2D eigenvalue weighted by molar-refractivity contribution is 5.90. The summed E-state index contributed by atoms with van der Waals surface area (Å²) in [6.07, 6.45) is -17.6. The monoisotopic (exact) mass is 599 g/mol. The maximum absolute atomic E-state index is 13.4. The third kappa shape index (κ3) is 6.06. The van der Waals surface area contributed by atoms with Crippen molar-refractivity contribution < 1.29 is 63.7 Å². The van der Waals surface area contributed by atoms with Gasteiger partial charge in [-0.2, -0.15) is 39.5 Å². The van der Waals surface area contributed by atoms with Crippen LogP contribution >= 0.6 is 0 Å². The molecule has 7 nitrogen and oxygen atoms in total. The third-order valence-electron chi connectivity index (χ3n) is 6.49. The zero-order chi connectivity index (χ0) is 30.7. The molecule has 4 rings (SSSR count). The van der Waals surface area contributed by atoms with Crippen molar-refractivity contribution in [2.45, 2.75) is 37.0 Å². The molecule has 2 aromatic carbocycles. The normalized spacial score (nSPS) is 19.0. The zero-order valence-corrected chi connectivity index (χ0v) is 20.5. The van der Waals surface area contributed by atoms with E-state index in [-0.39, 0.29) is 37.7 Å². The number of piperidine rings is 1. The fourth-order valence-corrected chi connectivity index (χ4v) is 4.64. The number of halogens is 9. The highest BCUT2D eigenvalue weighted by Gasteiger charge is 2.45. The van der Waals surface area contributed by atoms with Crippen LogP contribution in [0.3, 0.4) is 0 Å². The molecular weight excluding hydrogens is 581 g/mol. The van der Waals surface area contributed by atoms with Gasteiger partial charge in [0.15, 0.2) is 5.43 Å². The first-order valence-electron chi connectivity index (χ1n) is 11.6. The standard InChI is InChI=1S/C25H18F9NO6/c1-35-3-2-13(18(9-35)41-22(39)25(32,33)34)19-14(36)7-15(37)20-16(38)8-17(40-21(19)20)10-4-11(23(26,27)28)6-12(5-10)24(29,30)31/h4-8,13,18,36-37H,2-3,9H2,1H3/t13-,18+/m0/s1. The fraction of sp³-hybridized carbons (Fsp3) is 0.360. The molecule has 16 heteroatoms. The molecule has 1 aliphatic rings. The summed E-state index contributed by atoms with van der Waals surface area (Å²) in [5, 5.41) is 20.3. The molecule has 1 aliphatic heterocycles. The Hall–Kier alpha value is -3.95. The number of carbonyl (C=O) groups excluding carboxylic acids is 1. The van der Waals surface area contributed by atoms with Crippen molar-refractivity contribution in [1.82, 2.24) is 4.90 Å². The Balaban J connectivity index is 1.97. The number of aromatic hydroxyl groups is 2. The van der Waals surface area contributed by atoms with Crippen LogP contribution in [0.5, 0.6) is 11.5 Å². The average molecular weight is 599 g/mol. The minimum absolute atomic E-state index is 0.102. The molecule has 3 aromatic rings. The van der Waals surface area contributed by atoms with Crippen LogP contribution in [0.15, 0.2) is 39.5 Å². The molecule has 0 aliphatic carbocycles. The molecule has 0 unspecified atom stereocenters. The number of ether oxygens (including phenoxy) is 1. The summed E-state index contributed by atoms with van der Waals surface area (Å²) >= 11 is 0. The quantitative estimate of drug-likeness (QED) is 0.290. The lowest BCUT2D eigenvalue weighted by Crippen LogP contribution is -2.45. The predicted octanol–water partition coefficient (Wildman–Crippen LogP) is 5.80. The Morgan fingerprint density at radius 2 is 1.51 bits per heavy atom. The lowest BCUT2D eigenvalue weighted by Gasteiger charge is -2.36. The summed E-state index contributed by atoms with van der Waals surface area (Å²) in [5.41, 5.74) is -6.60. The van der Waals surface area contributed by atoms with Crippen molar-refractivity contribution >= 4 is 16.9 Å². The van der Waals surface area contributed by atoms with Crippen LogP contribution in [-0.2, 0) is 21.9 Å². The van der Waals surface area contributed by atoms with E-state index in [1.165, 1.54) is 11.9 Å². The number of carbonyl (C=O) groups is 1. The minimum atomic E-state index is -5.39. The number of phenolic OH excluding ortho intramolecular Hbond substituents is 2. The summed E-state index contributed by atoms with van der Waals surface area (Å²) in [4.78, 5) is 26.1. The Bertz CT molecular complexity index is 1530. The Kier molecular flexibility index (Phi) is 7.43. The number of hydrogen-bond donors (Lipinski definition) is 2. The first-order valence-corrected chi connectivity index (χ1v) is 11.6. The Morgan fingerprint density at radius 1 is 0.927 bits per heavy atom. The van der Waals surface area contributed by atoms with E-state index in [1.54, 1.807) is 0 Å². The van der Waals surface area contributed by atoms with E-state index in [9.17, 15) is 59.3 Å². The Labute approximate surface area is 223 Å². The van der Waals surface area contributed by atoms with E-state index < -0.39 is 92.4 Å². The molecule has 0 spiro atoms. The molecule has 1 saturated heterocycles. The largest absolute Gasteiger partial charge is 0.507 e. The van der Waals surface area contributed by atoms with Gasteiger partial charge < -0.3 is 24.3 Å². The van der Waals surface area contributed by atoms with Gasteiger partial charge in [0.1, 0.15) is 34.3 Å². The van der Waals surface area contributed by atoms with Crippen molar-refractivity contribution in [3.05, 3.63) is 57.2 Å². The minimum Gasteiger partial charge on any atom is -0.507 e. The van der Waals surface area contributed by atoms with Crippen LogP contribution < -0.4 is 5.43 Å². The molecule has 41 heavy (non-hydrogen) atoms. The van der Waals surface area contributed by atoms with Crippen LogP contribution in [0, 0.1) is 0 Å². The van der Waals surface area contributed by atoms with Gasteiger partial charge in [0, 0.05) is 35.7 Å². The molecule has 0 amide bonds. The van der Waals surface area contributed by atoms with Crippen LogP contribution in [0.4, 0.5) is 39.5 Å². The van der Waals surface area contributed by atoms with E-state index in [1.807, 2.05) is 0 Å². The number of nitrogens with zero attached hydrogens (tertiary/aromatic N) is 1. The van der Waals surface area contributed by atoms with Gasteiger partial charge in [0.05, 0.1) is 11.1 Å². The molecule has 2 atom stereocenters. The number of esters is 1. The number of alkyl halides is 9. The van der Waals surface area contributed by atoms with E-state index in [2.05, 4.69) is 4.74 Å². The lowest BCUT2D eigenvalue weighted by atomic mass is 9.85. The number of phenols is 2. The maximum atomic E-state index is 13.4. The van der Waals surface area contributed by atoms with Crippen molar-refractivity contribution in [2.75, 3.05) is 20.1 Å². The highest BCUT2D eigenvalue weighted by atomic mass is 19.4. The van der Waals surface area contributed by atoms with Crippen LogP contribution in [0.2, 0.25) is 0 Å². The SMILES string of the molecule is CN1CC[C@H](c2c(O)cc(O)c3c(=O)cc(-c4cc(C(F)(F)F)cc(C(F)(F)F)c4)oc23)[C@H](OC(=O)C(F)(F)F)C1. The van der Waals surface area contributed by atoms with Crippen LogP contribution in [0.1, 0.15) is 29.0 Å². The predicted molar refractivity (Wildman–Crippen MR) is 122 cm³/mol. The smallest absolute Gasteiger partial charge is 0.490 e. The van der Waals surface area contributed by atoms with Gasteiger partial charge in [-0.15, -0.1) is 0 Å². The van der Waals surface area contributed by atoms with Crippen molar-refractivity contribution in [3.8, 4) is 22.8 Å². The number of benzene rings is 2. The topological polar surface area (TPSA) is 100 Å². The molecule has 1 aromatic heterocycles. The summed E-state index contributed by atoms with van der Waals surface area (Å²) in [6, 6.07) is 1.61. The van der Waals surface area contributed by atoms with Gasteiger partial charge in [-0.3, -0.25) is 4.79 Å². The summed E-state index contributed by atoms with van der Waals surface area (Å²) < 4.78 is 129. The van der Waals surface area contributed by atoms with Gasteiger partial charge >= 0.3 is 24.5 Å². The molecule has 2 N–H and O–H groups in total. The van der Waals surface area contributed by atoms with Gasteiger partial charge in [-0.05, 0) is 38.2 Å². The number of likely N-dealkylation sites (N-methyl/N-ethyl adjacent to an activating group) is 1. The van der Waals surface area contributed by atoms with Gasteiger partial charge in [0.25, 0.3) is 0 Å². The van der Waals surface area contributed by atoms with Crippen molar-refractivity contribution in [3.63, 3.8) is 0 Å². The first kappa shape index (κ1) is 30.0. The van der Waals surface area contributed by atoms with Crippen molar-refractivity contribution in [1.29, 1.82) is 0 Å². The van der Waals surface area contributed by atoms with E-state index >= 15 is 0 Å². The van der Waals surface area contributed by atoms with Gasteiger partial charge in [-0.25, -0.2) is 4.79 Å². The molecule has 0 radical (unpaired) electrons. The Morgan fingerprint density at radius 3 is 2.05 bits per heavy atom. The summed E-state index contributed by atoms with van der Waals surface area (Å²) in [6.45, 7) is -0.125. The van der Waals surface area contributed by atoms with E-state index in [0.29, 0.717) is 12.1 Å². The number of rotatable bonds is 3. The second-order valence-corrected chi connectivity index (χ2v) is 9.40. The lowest BCUT2D eigenvalue weighted by molar-refractivity contribution is -0.207. The average Bonchev–Trinajstić information content (AvgIpc) is 2.82. The highest BCUT2D eigenvalue weighted by Crippen LogP contribution is 2.44. The zero-order valence-electron chi connectivity index (χ0n) is 20.5. The second-order valence-electron chi connectivity index (χ2n) is 9.40. The molecule has 0 saturated carbocycles. The van der Waals surface area contributed by atoms with Gasteiger partial charge in [-0.1, -0.05) is 0 Å². The number of likely N-dealkylation sites (tertiary alicyclic amines) is 1. The molecule has 2 heterocycles. The van der Waals surface area contributed by atoms with E-state index in [0.717, 1.165) is 0 Å². The molecule has 222 valence electrons. The fourth-order valence-electron chi connectivity index (χ4n) is 4.64. The summed E-state index contributed by atoms with van der Waals surface area (Å²) in [7, 11) is 1.49. The second kappa shape index (κ2) is 10.2. The molecule has 1 fully saturated rings. The number of hydrogen-bond acceptors (Lipinski definition) is 7. The van der Waals surface area contributed by atoms with E-state index in [4.69, 9.17) is 4.42 Å². The molecular formula is C25H18F9NO6. The number of fused-ring (bicyclic) bond motifs is 1. The van der Waals surface area contributed by atoms with Crippen LogP contribution in [0.25, 0.3) is 22.3 Å². The first-order chi connectivity index (χ1) is 18.8. The van der Waals surface area contributed by atoms with Crippen molar-refractivity contribution in [2.24, 2.45) is 0 Å².